The number of amides is 1. The van der Waals surface area contributed by atoms with E-state index in [2.05, 4.69) is 10.1 Å². The third-order valence-electron chi connectivity index (χ3n) is 3.73. The molecule has 130 valence electrons. The van der Waals surface area contributed by atoms with E-state index < -0.39 is 0 Å². The molecular weight excluding hydrogens is 358 g/mol. The van der Waals surface area contributed by atoms with Crippen molar-refractivity contribution in [1.29, 1.82) is 0 Å². The maximum atomic E-state index is 12.2. The van der Waals surface area contributed by atoms with Gasteiger partial charge in [-0.3, -0.25) is 4.79 Å². The molecule has 25 heavy (non-hydrogen) atoms. The summed E-state index contributed by atoms with van der Waals surface area (Å²) in [7, 11) is 1.80. The molecule has 0 saturated carbocycles. The monoisotopic (exact) mass is 375 g/mol. The molecule has 5 nitrogen and oxygen atoms in total. The van der Waals surface area contributed by atoms with Crippen LogP contribution in [0.25, 0.3) is 10.7 Å². The Hall–Kier alpha value is -2.18. The van der Waals surface area contributed by atoms with E-state index >= 15 is 0 Å². The van der Waals surface area contributed by atoms with Crippen LogP contribution in [0, 0.1) is 0 Å². The number of carbonyl (C=O) groups is 1. The van der Waals surface area contributed by atoms with Gasteiger partial charge in [-0.1, -0.05) is 35.0 Å². The minimum Gasteiger partial charge on any atom is -0.341 e. The van der Waals surface area contributed by atoms with Crippen LogP contribution in [0.15, 0.2) is 46.3 Å². The first kappa shape index (κ1) is 17.6. The van der Waals surface area contributed by atoms with Crippen molar-refractivity contribution in [2.45, 2.75) is 25.8 Å². The van der Waals surface area contributed by atoms with Crippen LogP contribution in [0.1, 0.15) is 24.3 Å². The number of aryl methyl sites for hydroxylation is 1. The van der Waals surface area contributed by atoms with Crippen LogP contribution in [0.3, 0.4) is 0 Å². The first-order valence-corrected chi connectivity index (χ1v) is 9.22. The van der Waals surface area contributed by atoms with Gasteiger partial charge < -0.3 is 9.42 Å². The van der Waals surface area contributed by atoms with Crippen molar-refractivity contribution in [3.05, 3.63) is 58.3 Å². The SMILES string of the molecule is CN(Cc1cccc(Cl)c1)C(=O)CCCc1nc(-c2cccs2)no1. The normalized spacial score (nSPS) is 10.8. The second-order valence-electron chi connectivity index (χ2n) is 5.72. The van der Waals surface area contributed by atoms with Crippen LogP contribution < -0.4 is 0 Å². The molecule has 0 saturated heterocycles. The van der Waals surface area contributed by atoms with E-state index in [0.29, 0.717) is 42.5 Å². The smallest absolute Gasteiger partial charge is 0.226 e. The largest absolute Gasteiger partial charge is 0.341 e. The topological polar surface area (TPSA) is 59.2 Å². The minimum atomic E-state index is 0.0815. The summed E-state index contributed by atoms with van der Waals surface area (Å²) in [6.45, 7) is 0.544. The Morgan fingerprint density at radius 3 is 2.96 bits per heavy atom. The predicted molar refractivity (Wildman–Crippen MR) is 98.5 cm³/mol. The number of hydrogen-bond donors (Lipinski definition) is 0. The average Bonchev–Trinajstić information content (AvgIpc) is 3.26. The van der Waals surface area contributed by atoms with E-state index in [-0.39, 0.29) is 5.91 Å². The summed E-state index contributed by atoms with van der Waals surface area (Å²) in [5.74, 6) is 1.25. The molecule has 0 radical (unpaired) electrons. The molecule has 7 heteroatoms. The highest BCUT2D eigenvalue weighted by molar-refractivity contribution is 7.13. The highest BCUT2D eigenvalue weighted by Gasteiger charge is 2.12. The van der Waals surface area contributed by atoms with Gasteiger partial charge in [0.1, 0.15) is 0 Å². The van der Waals surface area contributed by atoms with Crippen LogP contribution in [0.5, 0.6) is 0 Å². The Labute approximate surface area is 155 Å². The number of benzene rings is 1. The third kappa shape index (κ3) is 4.90. The number of carbonyl (C=O) groups excluding carboxylic acids is 1. The Morgan fingerprint density at radius 2 is 2.20 bits per heavy atom. The molecule has 0 aliphatic rings. The molecule has 0 unspecified atom stereocenters. The van der Waals surface area contributed by atoms with Crippen LogP contribution in [0.4, 0.5) is 0 Å². The van der Waals surface area contributed by atoms with Gasteiger partial charge in [-0.25, -0.2) is 0 Å². The third-order valence-corrected chi connectivity index (χ3v) is 4.83. The zero-order valence-electron chi connectivity index (χ0n) is 13.8. The van der Waals surface area contributed by atoms with Crippen molar-refractivity contribution in [2.24, 2.45) is 0 Å². The van der Waals surface area contributed by atoms with Crippen molar-refractivity contribution < 1.29 is 9.32 Å². The molecule has 1 aromatic carbocycles. The molecule has 3 rings (SSSR count). The summed E-state index contributed by atoms with van der Waals surface area (Å²) in [5.41, 5.74) is 1.01. The maximum absolute atomic E-state index is 12.2. The van der Waals surface area contributed by atoms with Crippen LogP contribution in [0.2, 0.25) is 5.02 Å². The minimum absolute atomic E-state index is 0.0815. The Balaban J connectivity index is 1.46. The molecular formula is C18H18ClN3O2S. The number of aromatic nitrogens is 2. The molecule has 1 amide bonds. The van der Waals surface area contributed by atoms with Crippen LogP contribution in [-0.2, 0) is 17.8 Å². The van der Waals surface area contributed by atoms with Crippen molar-refractivity contribution >= 4 is 28.8 Å². The zero-order chi connectivity index (χ0) is 17.6. The van der Waals surface area contributed by atoms with Gasteiger partial charge in [0.15, 0.2) is 0 Å². The summed E-state index contributed by atoms with van der Waals surface area (Å²) in [5, 5.41) is 6.62. The predicted octanol–water partition coefficient (Wildman–Crippen LogP) is 4.43. The number of halogens is 1. The number of thiophene rings is 1. The van der Waals surface area contributed by atoms with Gasteiger partial charge >= 0.3 is 0 Å². The van der Waals surface area contributed by atoms with E-state index in [9.17, 15) is 4.79 Å². The number of rotatable bonds is 7. The van der Waals surface area contributed by atoms with Gasteiger partial charge in [0.25, 0.3) is 0 Å². The molecule has 0 aliphatic carbocycles. The fraction of sp³-hybridized carbons (Fsp3) is 0.278. The average molecular weight is 376 g/mol. The second-order valence-corrected chi connectivity index (χ2v) is 7.11. The first-order chi connectivity index (χ1) is 12.1. The second kappa shape index (κ2) is 8.27. The van der Waals surface area contributed by atoms with Crippen molar-refractivity contribution in [3.8, 4) is 10.7 Å². The molecule has 0 aliphatic heterocycles. The number of nitrogens with zero attached hydrogens (tertiary/aromatic N) is 3. The quantitative estimate of drug-likeness (QED) is 0.612. The van der Waals surface area contributed by atoms with Crippen molar-refractivity contribution in [1.82, 2.24) is 15.0 Å². The molecule has 0 bridgehead atoms. The van der Waals surface area contributed by atoms with E-state index in [4.69, 9.17) is 16.1 Å². The lowest BCUT2D eigenvalue weighted by Crippen LogP contribution is -2.25. The van der Waals surface area contributed by atoms with Gasteiger partial charge in [0.05, 0.1) is 4.88 Å². The van der Waals surface area contributed by atoms with Crippen LogP contribution >= 0.6 is 22.9 Å². The summed E-state index contributed by atoms with van der Waals surface area (Å²) >= 11 is 7.54. The zero-order valence-corrected chi connectivity index (χ0v) is 15.4. The van der Waals surface area contributed by atoms with E-state index in [1.807, 2.05) is 41.8 Å². The lowest BCUT2D eigenvalue weighted by molar-refractivity contribution is -0.130. The van der Waals surface area contributed by atoms with Gasteiger partial charge in [-0.05, 0) is 35.6 Å². The fourth-order valence-corrected chi connectivity index (χ4v) is 3.30. The molecule has 2 heterocycles. The van der Waals surface area contributed by atoms with E-state index in [1.54, 1.807) is 23.3 Å². The van der Waals surface area contributed by atoms with E-state index in [0.717, 1.165) is 10.4 Å². The first-order valence-electron chi connectivity index (χ1n) is 7.96. The summed E-state index contributed by atoms with van der Waals surface area (Å²) in [6, 6.07) is 11.4. The van der Waals surface area contributed by atoms with Gasteiger partial charge in [-0.15, -0.1) is 11.3 Å². The molecule has 3 aromatic rings. The van der Waals surface area contributed by atoms with Crippen molar-refractivity contribution in [3.63, 3.8) is 0 Å². The molecule has 2 aromatic heterocycles. The van der Waals surface area contributed by atoms with Gasteiger partial charge in [0, 0.05) is 31.5 Å². The molecule has 0 spiro atoms. The fourth-order valence-electron chi connectivity index (χ4n) is 2.44. The summed E-state index contributed by atoms with van der Waals surface area (Å²) in [6.07, 6.45) is 1.70. The highest BCUT2D eigenvalue weighted by atomic mass is 35.5. The Kier molecular flexibility index (Phi) is 5.83. The molecule has 0 fully saturated rings. The van der Waals surface area contributed by atoms with Crippen molar-refractivity contribution in [2.75, 3.05) is 7.05 Å². The summed E-state index contributed by atoms with van der Waals surface area (Å²) < 4.78 is 5.25. The Morgan fingerprint density at radius 1 is 1.32 bits per heavy atom. The molecule has 0 atom stereocenters. The highest BCUT2D eigenvalue weighted by Crippen LogP contribution is 2.21. The maximum Gasteiger partial charge on any atom is 0.226 e. The lowest BCUT2D eigenvalue weighted by atomic mass is 10.2. The summed E-state index contributed by atoms with van der Waals surface area (Å²) in [4.78, 5) is 19.3. The van der Waals surface area contributed by atoms with E-state index in [1.165, 1.54) is 0 Å². The Bertz CT molecular complexity index is 832. The van der Waals surface area contributed by atoms with Gasteiger partial charge in [-0.2, -0.15) is 4.98 Å². The number of hydrogen-bond acceptors (Lipinski definition) is 5. The van der Waals surface area contributed by atoms with Crippen LogP contribution in [-0.4, -0.2) is 28.0 Å². The molecule has 0 N–H and O–H groups in total. The van der Waals surface area contributed by atoms with Gasteiger partial charge in [0.2, 0.25) is 17.6 Å². The standard InChI is InChI=1S/C18H18ClN3O2S/c1-22(12-13-5-2-6-14(19)11-13)17(23)9-3-8-16-20-18(21-24-16)15-7-4-10-25-15/h2,4-7,10-11H,3,8-9,12H2,1H3. The lowest BCUT2D eigenvalue weighted by Gasteiger charge is -2.17.